The number of aryl methyl sites for hydroxylation is 2. The van der Waals surface area contributed by atoms with Crippen molar-refractivity contribution in [1.82, 2.24) is 19.2 Å². The lowest BCUT2D eigenvalue weighted by Crippen LogP contribution is -2.21. The Labute approximate surface area is 215 Å². The maximum Gasteiger partial charge on any atom is 0.490 e. The molecule has 0 atom stereocenters. The number of benzene rings is 1. The standard InChI is InChI=1S/C25H21N5O.C2HF3O2/c1-17-5-7-21(14-18(17)2)28-25(31)23-11-13-27-30(23)24-10-9-22-8-6-20(16-29(22)24)19-4-3-12-26-15-19;3-2(4,5)1(6)7/h3-16H,1-2H3,(H,28,31);(H,6,7). The molecule has 0 saturated carbocycles. The fraction of sp³-hybridized carbons (Fsp3) is 0.111. The van der Waals surface area contributed by atoms with Crippen molar-refractivity contribution in [3.63, 3.8) is 0 Å². The van der Waals surface area contributed by atoms with E-state index >= 15 is 0 Å². The van der Waals surface area contributed by atoms with E-state index in [0.29, 0.717) is 5.69 Å². The third-order valence-corrected chi connectivity index (χ3v) is 5.72. The average Bonchev–Trinajstić information content (AvgIpc) is 3.53. The van der Waals surface area contributed by atoms with Gasteiger partial charge in [0.05, 0.1) is 6.20 Å². The smallest absolute Gasteiger partial charge is 0.475 e. The van der Waals surface area contributed by atoms with Crippen LogP contribution in [0.4, 0.5) is 18.9 Å². The predicted molar refractivity (Wildman–Crippen MR) is 135 cm³/mol. The van der Waals surface area contributed by atoms with Gasteiger partial charge in [0, 0.05) is 35.4 Å². The molecule has 1 amide bonds. The van der Waals surface area contributed by atoms with Crippen LogP contribution in [0.2, 0.25) is 0 Å². The van der Waals surface area contributed by atoms with Gasteiger partial charge in [0.15, 0.2) is 0 Å². The largest absolute Gasteiger partial charge is 0.490 e. The van der Waals surface area contributed by atoms with E-state index in [9.17, 15) is 18.0 Å². The molecule has 0 aliphatic heterocycles. The number of carboxylic acid groups (broad SMARTS) is 1. The molecule has 0 aliphatic rings. The van der Waals surface area contributed by atoms with Crippen molar-refractivity contribution in [2.75, 3.05) is 5.32 Å². The molecule has 0 fully saturated rings. The molecule has 11 heteroatoms. The fourth-order valence-electron chi connectivity index (χ4n) is 3.64. The van der Waals surface area contributed by atoms with Crippen LogP contribution in [-0.4, -0.2) is 42.3 Å². The van der Waals surface area contributed by atoms with Gasteiger partial charge in [-0.3, -0.25) is 9.78 Å². The lowest BCUT2D eigenvalue weighted by atomic mass is 10.1. The van der Waals surface area contributed by atoms with Gasteiger partial charge in [0.25, 0.3) is 5.91 Å². The van der Waals surface area contributed by atoms with Crippen molar-refractivity contribution in [3.8, 4) is 16.9 Å². The lowest BCUT2D eigenvalue weighted by Gasteiger charge is -2.11. The normalized spacial score (nSPS) is 11.1. The SMILES string of the molecule is Cc1ccc(NC(=O)c2ccnn2-c2ccc3ccc(-c4cccnc4)cn23)cc1C.O=C(O)C(F)(F)F. The summed E-state index contributed by atoms with van der Waals surface area (Å²) in [5.74, 6) is -2.18. The number of carbonyl (C=O) groups is 2. The first kappa shape index (κ1) is 26.1. The van der Waals surface area contributed by atoms with Crippen molar-refractivity contribution in [1.29, 1.82) is 0 Å². The van der Waals surface area contributed by atoms with Gasteiger partial charge in [0.1, 0.15) is 11.5 Å². The zero-order valence-corrected chi connectivity index (χ0v) is 20.3. The van der Waals surface area contributed by atoms with E-state index in [1.165, 1.54) is 5.56 Å². The van der Waals surface area contributed by atoms with Crippen molar-refractivity contribution in [2.24, 2.45) is 0 Å². The number of carbonyl (C=O) groups excluding carboxylic acids is 1. The molecule has 8 nitrogen and oxygen atoms in total. The average molecular weight is 521 g/mol. The fourth-order valence-corrected chi connectivity index (χ4v) is 3.64. The number of nitrogens with zero attached hydrogens (tertiary/aromatic N) is 4. The van der Waals surface area contributed by atoms with Crippen molar-refractivity contribution >= 4 is 23.1 Å². The van der Waals surface area contributed by atoms with E-state index in [0.717, 1.165) is 33.7 Å². The second-order valence-corrected chi connectivity index (χ2v) is 8.33. The molecular weight excluding hydrogens is 499 g/mol. The number of carboxylic acids is 1. The highest BCUT2D eigenvalue weighted by Gasteiger charge is 2.38. The molecule has 0 radical (unpaired) electrons. The second-order valence-electron chi connectivity index (χ2n) is 8.33. The number of rotatable bonds is 4. The lowest BCUT2D eigenvalue weighted by molar-refractivity contribution is -0.192. The van der Waals surface area contributed by atoms with E-state index in [2.05, 4.69) is 21.5 Å². The van der Waals surface area contributed by atoms with Crippen LogP contribution in [-0.2, 0) is 4.79 Å². The summed E-state index contributed by atoms with van der Waals surface area (Å²) in [7, 11) is 0. The number of aliphatic carboxylic acids is 1. The second kappa shape index (κ2) is 10.6. The zero-order chi connectivity index (χ0) is 27.4. The van der Waals surface area contributed by atoms with E-state index in [1.54, 1.807) is 23.1 Å². The summed E-state index contributed by atoms with van der Waals surface area (Å²) in [6.07, 6.45) is 2.18. The number of alkyl halides is 3. The van der Waals surface area contributed by atoms with Gasteiger partial charge < -0.3 is 14.8 Å². The Morgan fingerprint density at radius 2 is 1.66 bits per heavy atom. The van der Waals surface area contributed by atoms with Gasteiger partial charge in [-0.25, -0.2) is 9.48 Å². The van der Waals surface area contributed by atoms with Gasteiger partial charge in [-0.1, -0.05) is 18.2 Å². The summed E-state index contributed by atoms with van der Waals surface area (Å²) in [4.78, 5) is 26.1. The van der Waals surface area contributed by atoms with E-state index in [-0.39, 0.29) is 5.91 Å². The molecule has 0 bridgehead atoms. The molecule has 2 N–H and O–H groups in total. The molecule has 0 aliphatic carbocycles. The Morgan fingerprint density at radius 3 is 2.32 bits per heavy atom. The van der Waals surface area contributed by atoms with Crippen LogP contribution in [0.25, 0.3) is 22.5 Å². The van der Waals surface area contributed by atoms with Crippen LogP contribution in [0.5, 0.6) is 0 Å². The first-order valence-corrected chi connectivity index (χ1v) is 11.3. The van der Waals surface area contributed by atoms with Crippen LogP contribution >= 0.6 is 0 Å². The zero-order valence-electron chi connectivity index (χ0n) is 20.3. The molecule has 4 aromatic heterocycles. The van der Waals surface area contributed by atoms with Gasteiger partial charge in [-0.15, -0.1) is 0 Å². The Morgan fingerprint density at radius 1 is 0.921 bits per heavy atom. The highest BCUT2D eigenvalue weighted by Crippen LogP contribution is 2.23. The van der Waals surface area contributed by atoms with Gasteiger partial charge >= 0.3 is 12.1 Å². The van der Waals surface area contributed by atoms with Crippen molar-refractivity contribution in [3.05, 3.63) is 102 Å². The van der Waals surface area contributed by atoms with Crippen molar-refractivity contribution < 1.29 is 27.9 Å². The molecule has 0 saturated heterocycles. The Hall–Kier alpha value is -4.93. The highest BCUT2D eigenvalue weighted by molar-refractivity contribution is 6.03. The summed E-state index contributed by atoms with van der Waals surface area (Å²) in [6.45, 7) is 4.08. The molecule has 194 valence electrons. The van der Waals surface area contributed by atoms with Crippen LogP contribution in [0.1, 0.15) is 21.6 Å². The maximum absolute atomic E-state index is 13.0. The number of pyridine rings is 2. The Kier molecular flexibility index (Phi) is 7.28. The molecule has 5 rings (SSSR count). The molecule has 0 spiro atoms. The first-order valence-electron chi connectivity index (χ1n) is 11.3. The molecular formula is C27H22F3N5O3. The van der Waals surface area contributed by atoms with Crippen LogP contribution < -0.4 is 5.32 Å². The molecule has 5 aromatic rings. The number of fused-ring (bicyclic) bond motifs is 1. The number of aromatic nitrogens is 4. The Balaban J connectivity index is 0.000000426. The van der Waals surface area contributed by atoms with Crippen LogP contribution in [0.3, 0.4) is 0 Å². The van der Waals surface area contributed by atoms with E-state index in [1.807, 2.05) is 79.2 Å². The molecule has 38 heavy (non-hydrogen) atoms. The molecule has 4 heterocycles. The summed E-state index contributed by atoms with van der Waals surface area (Å²) in [5, 5.41) is 14.5. The Bertz CT molecular complexity index is 1610. The van der Waals surface area contributed by atoms with Crippen LogP contribution in [0.15, 0.2) is 85.5 Å². The minimum absolute atomic E-state index is 0.209. The first-order chi connectivity index (χ1) is 18.0. The topological polar surface area (TPSA) is 102 Å². The monoisotopic (exact) mass is 521 g/mol. The predicted octanol–water partition coefficient (Wildman–Crippen LogP) is 5.69. The molecule has 0 unspecified atom stereocenters. The van der Waals surface area contributed by atoms with Gasteiger partial charge in [0.2, 0.25) is 0 Å². The summed E-state index contributed by atoms with van der Waals surface area (Å²) in [5.41, 5.74) is 6.62. The summed E-state index contributed by atoms with van der Waals surface area (Å²) in [6, 6.07) is 19.6. The quantitative estimate of drug-likeness (QED) is 0.317. The van der Waals surface area contributed by atoms with Crippen LogP contribution in [0, 0.1) is 13.8 Å². The number of hydrogen-bond donors (Lipinski definition) is 2. The number of halogens is 3. The third kappa shape index (κ3) is 5.72. The number of amides is 1. The van der Waals surface area contributed by atoms with E-state index < -0.39 is 12.1 Å². The third-order valence-electron chi connectivity index (χ3n) is 5.72. The molecule has 1 aromatic carbocycles. The number of anilines is 1. The van der Waals surface area contributed by atoms with Gasteiger partial charge in [-0.2, -0.15) is 18.3 Å². The summed E-state index contributed by atoms with van der Waals surface area (Å²) >= 11 is 0. The van der Waals surface area contributed by atoms with E-state index in [4.69, 9.17) is 9.90 Å². The van der Waals surface area contributed by atoms with Gasteiger partial charge in [-0.05, 0) is 73.0 Å². The number of hydrogen-bond acceptors (Lipinski definition) is 4. The highest BCUT2D eigenvalue weighted by atomic mass is 19.4. The minimum atomic E-state index is -5.08. The van der Waals surface area contributed by atoms with Crippen molar-refractivity contribution in [2.45, 2.75) is 20.0 Å². The summed E-state index contributed by atoms with van der Waals surface area (Å²) < 4.78 is 35.4. The number of nitrogens with one attached hydrogen (secondary N) is 1. The minimum Gasteiger partial charge on any atom is -0.475 e. The maximum atomic E-state index is 13.0.